The first kappa shape index (κ1) is 118. The summed E-state index contributed by atoms with van der Waals surface area (Å²) in [7, 11) is 0. The van der Waals surface area contributed by atoms with Crippen molar-refractivity contribution < 1.29 is 292 Å². The molecule has 56 atom stereocenters. The van der Waals surface area contributed by atoms with Crippen molar-refractivity contribution in [3.8, 4) is 0 Å². The summed E-state index contributed by atoms with van der Waals surface area (Å²) in [5.74, 6) is -10.5. The molecule has 11 saturated heterocycles. The predicted octanol–water partition coefficient (Wildman–Crippen LogP) is -25.1. The fourth-order valence-corrected chi connectivity index (χ4v) is 18.3. The molecular weight excluding hydrogens is 1960 g/mol. The number of nitrogens with one attached hydrogen (secondary N) is 5. The molecule has 0 bridgehead atoms. The molecule has 11 aliphatic rings. The number of hydrogen-bond donors (Lipinski definition) is 37. The zero-order valence-corrected chi connectivity index (χ0v) is 76.6. The Balaban J connectivity index is 0.907. The van der Waals surface area contributed by atoms with E-state index in [9.17, 15) is 192 Å². The van der Waals surface area contributed by atoms with Crippen LogP contribution in [-0.2, 0) is 128 Å². The summed E-state index contributed by atoms with van der Waals surface area (Å²) in [6, 6.07) is -9.89. The molecular formula is C79H131N5O59. The van der Waals surface area contributed by atoms with Gasteiger partial charge < -0.3 is 289 Å². The van der Waals surface area contributed by atoms with Crippen molar-refractivity contribution in [1.82, 2.24) is 26.6 Å². The van der Waals surface area contributed by atoms with Gasteiger partial charge in [-0.3, -0.25) is 24.0 Å². The summed E-state index contributed by atoms with van der Waals surface area (Å²) >= 11 is 0. The first-order chi connectivity index (χ1) is 67.5. The van der Waals surface area contributed by atoms with E-state index < -0.39 is 458 Å². The molecule has 11 heterocycles. The van der Waals surface area contributed by atoms with Gasteiger partial charge in [0.25, 0.3) is 5.79 Å². The second kappa shape index (κ2) is 51.2. The van der Waals surface area contributed by atoms with Crippen molar-refractivity contribution in [2.75, 3.05) is 72.7 Å². The molecule has 0 aromatic carbocycles. The highest BCUT2D eigenvalue weighted by Gasteiger charge is 2.64. The Hall–Kier alpha value is -5.26. The van der Waals surface area contributed by atoms with Crippen LogP contribution in [0.5, 0.6) is 0 Å². The lowest BCUT2D eigenvalue weighted by Gasteiger charge is -2.51. The first-order valence-electron chi connectivity index (χ1n) is 45.3. The minimum Gasteiger partial charge on any atom is -0.477 e. The molecule has 11 fully saturated rings. The van der Waals surface area contributed by atoms with E-state index in [1.54, 1.807) is 0 Å². The highest BCUT2D eigenvalue weighted by atomic mass is 16.8. The van der Waals surface area contributed by atoms with Crippen LogP contribution in [0.3, 0.4) is 0 Å². The van der Waals surface area contributed by atoms with Crippen LogP contribution >= 0.6 is 0 Å². The quantitative estimate of drug-likeness (QED) is 0.0272. The molecule has 0 radical (unpaired) electrons. The number of carboxylic acid groups (broad SMARTS) is 1. The van der Waals surface area contributed by atoms with E-state index in [-0.39, 0.29) is 0 Å². The van der Waals surface area contributed by atoms with Gasteiger partial charge in [0.2, 0.25) is 29.5 Å². The average molecular weight is 2090 g/mol. The Kier molecular flexibility index (Phi) is 42.3. The number of hydrogen-bond acceptors (Lipinski definition) is 58. The van der Waals surface area contributed by atoms with E-state index in [1.165, 1.54) is 6.92 Å². The highest BCUT2D eigenvalue weighted by molar-refractivity contribution is 5.78. The lowest BCUT2D eigenvalue weighted by molar-refractivity contribution is -0.399. The predicted molar refractivity (Wildman–Crippen MR) is 438 cm³/mol. The van der Waals surface area contributed by atoms with Crippen molar-refractivity contribution in [2.24, 2.45) is 0 Å². The van der Waals surface area contributed by atoms with Gasteiger partial charge in [0.1, 0.15) is 263 Å². The third-order valence-corrected chi connectivity index (χ3v) is 26.0. The Morgan fingerprint density at radius 1 is 0.315 bits per heavy atom. The third kappa shape index (κ3) is 26.4. The van der Waals surface area contributed by atoms with Crippen LogP contribution in [0.1, 0.15) is 41.0 Å². The summed E-state index contributed by atoms with van der Waals surface area (Å²) in [6.45, 7) is -8.34. The van der Waals surface area contributed by atoms with Gasteiger partial charge in [0.05, 0.1) is 84.3 Å². The maximum Gasteiger partial charge on any atom is 0.364 e. The number of carbonyl (C=O) groups is 6. The van der Waals surface area contributed by atoms with Crippen LogP contribution in [0.4, 0.5) is 0 Å². The summed E-state index contributed by atoms with van der Waals surface area (Å²) in [5.41, 5.74) is 0. The molecule has 826 valence electrons. The van der Waals surface area contributed by atoms with E-state index in [0.29, 0.717) is 0 Å². The van der Waals surface area contributed by atoms with E-state index in [1.807, 2.05) is 0 Å². The molecule has 0 aliphatic carbocycles. The molecule has 143 heavy (non-hydrogen) atoms. The Bertz CT molecular complexity index is 4030. The van der Waals surface area contributed by atoms with Crippen LogP contribution in [0.2, 0.25) is 0 Å². The molecule has 0 spiro atoms. The minimum absolute atomic E-state index is 0.840. The van der Waals surface area contributed by atoms with E-state index >= 15 is 0 Å². The lowest BCUT2D eigenvalue weighted by atomic mass is 9.88. The van der Waals surface area contributed by atoms with Crippen LogP contribution in [0.25, 0.3) is 0 Å². The third-order valence-electron chi connectivity index (χ3n) is 26.0. The van der Waals surface area contributed by atoms with Gasteiger partial charge in [-0.05, 0) is 6.92 Å². The number of aliphatic hydroxyl groups excluding tert-OH is 31. The number of carbonyl (C=O) groups excluding carboxylic acids is 5. The van der Waals surface area contributed by atoms with Crippen LogP contribution in [0, 0.1) is 0 Å². The maximum atomic E-state index is 13.4. The highest BCUT2D eigenvalue weighted by Crippen LogP contribution is 2.43. The number of rotatable bonds is 39. The second-order valence-corrected chi connectivity index (χ2v) is 36.0. The topological polar surface area (TPSA) is 1000 Å². The fraction of sp³-hybridized carbons (Fsp3) is 0.924. The number of amides is 5. The first-order valence-corrected chi connectivity index (χ1v) is 45.3. The second-order valence-electron chi connectivity index (χ2n) is 36.0. The SMILES string of the molecule is CC(=O)N[C@@H]1[C@@H](O)[C@H](O[C@@H]2O[C@H](CO)[C@@H](O[C@@H]3O[C@H](CO[C@H]4O[C@H](CO)[C@@H](O)[C@H](O)[C@@H]4O[C@@H]4O[C@H](CO)[C@@H](O[C@@H]5O[C@H](CO)[C@H](O)[C@H](O)[C@H]5O)[C@H](O)[C@H]4NC(C)=O)[C@@H](O)[C@H](O[C@H]4O[C@H](CO)[C@@H](O)[C@H](O)[C@@H]4O[C@@H]4O[C@H](CO)[C@@H](O[C@@H]5O[C@H](CO[C@]6(C(=O)O)C[C@H](O)[C@@H](NC(=O)CO)[C@H]([C@H](O)[C@H](O)CO)O6)[C@H](O)[C@H](O)[C@H]5O)[C@H](O)[C@H]4NC(C)=O)[C@@H]3O)[C@H](O)[C@H]2NC(C)=O)[C@@H](CO[C@@H]2O[C@@H](C)[C@@H](O)[C@@H](O)[C@@H]2O)O[C@H]1O. The molecule has 5 amide bonds. The molecule has 0 unspecified atom stereocenters. The maximum absolute atomic E-state index is 13.4. The fourth-order valence-electron chi connectivity index (χ4n) is 18.3. The van der Waals surface area contributed by atoms with Crippen LogP contribution in [0.15, 0.2) is 0 Å². The Labute approximate surface area is 808 Å². The van der Waals surface area contributed by atoms with Crippen molar-refractivity contribution in [3.05, 3.63) is 0 Å². The zero-order valence-electron chi connectivity index (χ0n) is 76.6. The largest absolute Gasteiger partial charge is 0.477 e. The number of aliphatic carboxylic acids is 1. The van der Waals surface area contributed by atoms with Crippen molar-refractivity contribution >= 4 is 35.5 Å². The van der Waals surface area contributed by atoms with Gasteiger partial charge in [-0.15, -0.1) is 0 Å². The average Bonchev–Trinajstić information content (AvgIpc) is 0.766. The molecule has 0 saturated carbocycles. The van der Waals surface area contributed by atoms with Gasteiger partial charge in [-0.2, -0.15) is 0 Å². The van der Waals surface area contributed by atoms with Crippen molar-refractivity contribution in [1.29, 1.82) is 0 Å². The van der Waals surface area contributed by atoms with Gasteiger partial charge in [0.15, 0.2) is 62.9 Å². The summed E-state index contributed by atoms with van der Waals surface area (Å²) in [5, 5.41) is 369. The Morgan fingerprint density at radius 3 is 1.08 bits per heavy atom. The van der Waals surface area contributed by atoms with E-state index in [0.717, 1.165) is 27.7 Å². The van der Waals surface area contributed by atoms with Gasteiger partial charge in [-0.25, -0.2) is 4.79 Å². The van der Waals surface area contributed by atoms with E-state index in [4.69, 9.17) is 99.5 Å². The summed E-state index contributed by atoms with van der Waals surface area (Å²) < 4.78 is 125. The zero-order chi connectivity index (χ0) is 106. The number of carboxylic acids is 1. The monoisotopic (exact) mass is 2090 g/mol. The van der Waals surface area contributed by atoms with Gasteiger partial charge >= 0.3 is 5.97 Å². The molecule has 37 N–H and O–H groups in total. The van der Waals surface area contributed by atoms with Crippen molar-refractivity contribution in [2.45, 2.75) is 384 Å². The summed E-state index contributed by atoms with van der Waals surface area (Å²) in [4.78, 5) is 77.6. The van der Waals surface area contributed by atoms with Crippen LogP contribution in [-0.4, -0.2) is 615 Å². The molecule has 0 aromatic heterocycles. The number of ether oxygens (including phenoxy) is 21. The molecule has 64 nitrogen and oxygen atoms in total. The molecule has 0 aromatic rings. The smallest absolute Gasteiger partial charge is 0.364 e. The normalized spacial score (nSPS) is 47.8. The van der Waals surface area contributed by atoms with Crippen LogP contribution < -0.4 is 26.6 Å². The van der Waals surface area contributed by atoms with Crippen molar-refractivity contribution in [3.63, 3.8) is 0 Å². The molecule has 64 heteroatoms. The molecule has 11 aliphatic heterocycles. The van der Waals surface area contributed by atoms with E-state index in [2.05, 4.69) is 26.6 Å². The number of aliphatic hydroxyl groups is 31. The Morgan fingerprint density at radius 2 is 0.650 bits per heavy atom. The lowest BCUT2D eigenvalue weighted by Crippen LogP contribution is -2.71. The van der Waals surface area contributed by atoms with Gasteiger partial charge in [0, 0.05) is 34.1 Å². The summed E-state index contributed by atoms with van der Waals surface area (Å²) in [6.07, 6.45) is -110. The van der Waals surface area contributed by atoms with Gasteiger partial charge in [-0.1, -0.05) is 0 Å². The molecule has 11 rings (SSSR count). The minimum atomic E-state index is -3.19. The standard InChI is InChI=1S/C79H131N5O59/c1-18-40(100)51(111)56(116)72(126-18)123-16-33-63(47(107)36(68(120)127-33)80-19(2)93)136-69-37(81-20(3)94)48(108)62(30(13-91)131-69)139-75-59(119)65(46(106)31(134-75)15-124-76-66(54(114)43(103)26(9-87)129-76)141-70-38(82-21(4)95)49(109)60(28(11-89)132-70)137-73-57(117)52(112)42(102)25(8-86)128-73)140-77-67(55(115)44(104)27(10-88)130-77)142-71-39(83-22(5)96)50(110)61(29(12-90)133-71)138-74-58(118)53(113)45(105)32(135-74)17-125-79(78(121)122)6-23(97)35(84-34(99)14-92)64(143-79)41(101)24(98)7-85/h18,23-33,35-77,85-92,97-98,100-120H,6-17H2,1-5H3,(H,80,93)(H,81,94)(H,82,95)(H,83,96)(H,84,99)(H,121,122)/t18-,23-,24+,25+,26+,27+,28+,29+,30+,31+,32+,33+,35+,36+,37+,38+,39+,40+,41+,42-,43+,44+,45-,46+,47+,48+,49+,50+,51+,52-,53-,54-,55-,56-,57+,58+,59-,60+,61+,62+,63+,64+,65-,66-,67-,68+,69-,70-,71-,72+,73-,74-,75-,76-,77+,79+/m0/s1.